The number of rotatable bonds is 7. The lowest BCUT2D eigenvalue weighted by molar-refractivity contribution is -0.917. The number of anilines is 2. The molecule has 0 fully saturated rings. The van der Waals surface area contributed by atoms with Crippen molar-refractivity contribution in [1.29, 1.82) is 5.26 Å². The van der Waals surface area contributed by atoms with Crippen LogP contribution in [0.15, 0.2) is 69.4 Å². The van der Waals surface area contributed by atoms with Crippen LogP contribution in [-0.2, 0) is 33.6 Å². The zero-order chi connectivity index (χ0) is 33.8. The Kier molecular flexibility index (Phi) is 9.78. The van der Waals surface area contributed by atoms with Crippen LogP contribution in [0, 0.1) is 11.3 Å². The summed E-state index contributed by atoms with van der Waals surface area (Å²) >= 11 is 1.48. The lowest BCUT2D eigenvalue weighted by Gasteiger charge is -2.37. The zero-order valence-electron chi connectivity index (χ0n) is 25.0. The number of alkyl halides is 3. The highest BCUT2D eigenvalue weighted by Gasteiger charge is 2.41. The van der Waals surface area contributed by atoms with E-state index in [2.05, 4.69) is 21.3 Å². The molecule has 1 unspecified atom stereocenters. The predicted octanol–water partition coefficient (Wildman–Crippen LogP) is 3.25. The van der Waals surface area contributed by atoms with E-state index in [0.717, 1.165) is 17.8 Å². The maximum atomic E-state index is 13.6. The fourth-order valence-electron chi connectivity index (χ4n) is 5.43. The highest BCUT2D eigenvalue weighted by Crippen LogP contribution is 2.44. The van der Waals surface area contributed by atoms with Crippen LogP contribution in [0.25, 0.3) is 0 Å². The fourth-order valence-corrected chi connectivity index (χ4v) is 5.98. The van der Waals surface area contributed by atoms with Crippen LogP contribution in [0.1, 0.15) is 40.9 Å². The summed E-state index contributed by atoms with van der Waals surface area (Å²) in [4.78, 5) is 40.7. The van der Waals surface area contributed by atoms with Crippen LogP contribution in [0.4, 0.5) is 24.8 Å². The molecule has 3 heterocycles. The number of carboxylic acid groups (broad SMARTS) is 1. The minimum atomic E-state index is -4.62. The number of aromatic amines is 1. The van der Waals surface area contributed by atoms with E-state index in [9.17, 15) is 28.0 Å². The maximum Gasteiger partial charge on any atom is 0.416 e. The molecule has 1 atom stereocenters. The number of nitrogens with one attached hydrogen (secondary N) is 1. The van der Waals surface area contributed by atoms with Gasteiger partial charge in [0, 0.05) is 28.8 Å². The van der Waals surface area contributed by atoms with Crippen LogP contribution in [0.3, 0.4) is 0 Å². The second kappa shape index (κ2) is 13.4. The first-order valence-corrected chi connectivity index (χ1v) is 14.4. The van der Waals surface area contributed by atoms with Crippen molar-refractivity contribution in [3.63, 3.8) is 0 Å². The first-order valence-electron chi connectivity index (χ1n) is 13.5. The van der Waals surface area contributed by atoms with Gasteiger partial charge in [-0.25, -0.2) is 24.2 Å². The van der Waals surface area contributed by atoms with E-state index < -0.39 is 35.9 Å². The van der Waals surface area contributed by atoms with E-state index in [4.69, 9.17) is 14.6 Å². The third-order valence-corrected chi connectivity index (χ3v) is 7.85. The summed E-state index contributed by atoms with van der Waals surface area (Å²) in [6.07, 6.45) is -4.62. The van der Waals surface area contributed by atoms with E-state index in [1.807, 2.05) is 19.5 Å². The number of methoxy groups -OCH3 is 1. The molecule has 0 bridgehead atoms. The van der Waals surface area contributed by atoms with Gasteiger partial charge in [-0.3, -0.25) is 4.90 Å². The summed E-state index contributed by atoms with van der Waals surface area (Å²) in [5.74, 6) is -0.782. The smallest absolute Gasteiger partial charge is 0.416 e. The highest BCUT2D eigenvalue weighted by molar-refractivity contribution is 7.07. The number of fused-ring (bicyclic) bond motifs is 1. The van der Waals surface area contributed by atoms with Crippen molar-refractivity contribution in [3.05, 3.63) is 103 Å². The van der Waals surface area contributed by atoms with Gasteiger partial charge in [-0.2, -0.15) is 18.4 Å². The van der Waals surface area contributed by atoms with Crippen molar-refractivity contribution in [2.75, 3.05) is 26.1 Å². The van der Waals surface area contributed by atoms with Crippen LogP contribution in [-0.4, -0.2) is 57.9 Å². The number of carbonyl (C=O) groups excluding carboxylic acids is 2. The molecule has 0 amide bonds. The third kappa shape index (κ3) is 6.85. The van der Waals surface area contributed by atoms with Gasteiger partial charge in [-0.05, 0) is 42.8 Å². The summed E-state index contributed by atoms with van der Waals surface area (Å²) < 4.78 is 47.7. The predicted molar refractivity (Wildman–Crippen MR) is 158 cm³/mol. The Labute approximate surface area is 264 Å². The number of esters is 1. The minimum Gasteiger partial charge on any atom is -0.554 e. The molecule has 0 saturated carbocycles. The van der Waals surface area contributed by atoms with Gasteiger partial charge >= 0.3 is 17.8 Å². The summed E-state index contributed by atoms with van der Waals surface area (Å²) in [5.41, 5.74) is 2.97. The first-order chi connectivity index (χ1) is 21.8. The summed E-state index contributed by atoms with van der Waals surface area (Å²) in [5, 5.41) is 26.5. The molecule has 12 nitrogen and oxygen atoms in total. The highest BCUT2D eigenvalue weighted by atomic mass is 32.1. The zero-order valence-corrected chi connectivity index (χ0v) is 25.8. The fraction of sp³-hybridized carbons (Fsp3) is 0.267. The van der Waals surface area contributed by atoms with Crippen molar-refractivity contribution in [2.24, 2.45) is 0 Å². The van der Waals surface area contributed by atoms with Gasteiger partial charge < -0.3 is 19.1 Å². The van der Waals surface area contributed by atoms with E-state index >= 15 is 0 Å². The quantitative estimate of drug-likeness (QED) is 0.179. The Bertz CT molecular complexity index is 1870. The molecule has 0 saturated heterocycles. The van der Waals surface area contributed by atoms with E-state index in [0.29, 0.717) is 34.3 Å². The maximum absolute atomic E-state index is 13.6. The van der Waals surface area contributed by atoms with Crippen molar-refractivity contribution >= 4 is 35.4 Å². The van der Waals surface area contributed by atoms with Crippen molar-refractivity contribution in [2.45, 2.75) is 32.2 Å². The van der Waals surface area contributed by atoms with E-state index in [1.54, 1.807) is 30.6 Å². The summed E-state index contributed by atoms with van der Waals surface area (Å²) in [6, 6.07) is 10.6. The average Bonchev–Trinajstić information content (AvgIpc) is 3.65. The van der Waals surface area contributed by atoms with Gasteiger partial charge in [0.15, 0.2) is 0 Å². The van der Waals surface area contributed by atoms with Crippen LogP contribution in [0.2, 0.25) is 0 Å². The Morgan fingerprint density at radius 3 is 2.57 bits per heavy atom. The molecule has 1 aliphatic rings. The third-order valence-electron chi connectivity index (χ3n) is 7.22. The number of hydrogen-bond donors (Lipinski definition) is 1. The largest absolute Gasteiger partial charge is 0.554 e. The number of benzene rings is 2. The van der Waals surface area contributed by atoms with Crippen LogP contribution >= 0.6 is 11.3 Å². The molecule has 1 N–H and O–H groups in total. The SMILES string of the molecule is COC(=O)C1=C(C)N(c2cccc(C(F)(F)F)c2)c2n[nH]c(=O)n2C1c1ccc(C#N)cc1C[N+](C)(C)Cc1cscn1.O=C[O-]. The molecule has 0 spiro atoms. The standard InChI is InChI=1S/C29H26F3N7O3S.CH2O2/c1-17-24(26(40)42-4)25(23-9-8-18(12-33)10-19(23)13-39(2,3)14-21-15-43-16-34-21)38-27(35-36-28(38)41)37(17)22-7-5-6-20(11-22)29(30,31)32;2-1-3/h5-11,15-16,25H,13-14H2,1-4H3;1H,(H,2,3). The number of halogens is 3. The number of H-pyrrole nitrogens is 1. The molecule has 2 aromatic carbocycles. The Balaban J connectivity index is 0.00000154. The van der Waals surface area contributed by atoms with Gasteiger partial charge in [0.05, 0.1) is 49.5 Å². The molecule has 4 aromatic rings. The van der Waals surface area contributed by atoms with E-state index in [-0.39, 0.29) is 22.9 Å². The molecule has 5 rings (SSSR count). The summed E-state index contributed by atoms with van der Waals surface area (Å²) in [6.45, 7) is 2.03. The van der Waals surface area contributed by atoms with Gasteiger partial charge in [0.2, 0.25) is 5.95 Å². The normalized spacial score (nSPS) is 14.6. The van der Waals surface area contributed by atoms with E-state index in [1.165, 1.54) is 40.0 Å². The lowest BCUT2D eigenvalue weighted by Crippen LogP contribution is -2.40. The Morgan fingerprint density at radius 1 is 1.24 bits per heavy atom. The topological polar surface area (TPSA) is 157 Å². The number of carbonyl (C=O) groups is 2. The van der Waals surface area contributed by atoms with Gasteiger partial charge in [0.1, 0.15) is 24.8 Å². The van der Waals surface area contributed by atoms with Gasteiger partial charge in [-0.1, -0.05) is 12.1 Å². The molecule has 2 aromatic heterocycles. The number of nitriles is 1. The second-order valence-corrected chi connectivity index (χ2v) is 11.5. The van der Waals surface area contributed by atoms with Crippen LogP contribution in [0.5, 0.6) is 0 Å². The average molecular weight is 656 g/mol. The Morgan fingerprint density at radius 2 is 1.96 bits per heavy atom. The number of nitrogens with zero attached hydrogens (tertiary/aromatic N) is 6. The number of thiazole rings is 1. The molecular weight excluding hydrogens is 627 g/mol. The molecule has 240 valence electrons. The van der Waals surface area contributed by atoms with Gasteiger partial charge in [-0.15, -0.1) is 16.4 Å². The minimum absolute atomic E-state index is 0.00832. The molecule has 46 heavy (non-hydrogen) atoms. The molecule has 0 radical (unpaired) electrons. The van der Waals surface area contributed by atoms with Crippen molar-refractivity contribution in [3.8, 4) is 6.07 Å². The molecular formula is C30H28F3N7O5S. The van der Waals surface area contributed by atoms with Crippen LogP contribution < -0.4 is 15.7 Å². The monoisotopic (exact) mass is 655 g/mol. The molecule has 1 aliphatic heterocycles. The second-order valence-electron chi connectivity index (χ2n) is 10.8. The number of hydrogen-bond acceptors (Lipinski definition) is 10. The molecule has 0 aliphatic carbocycles. The molecule has 16 heteroatoms. The first kappa shape index (κ1) is 33.6. The number of allylic oxidation sites excluding steroid dienone is 1. The summed E-state index contributed by atoms with van der Waals surface area (Å²) in [7, 11) is 5.18. The number of quaternary nitrogens is 1. The lowest BCUT2D eigenvalue weighted by atomic mass is 9.89. The Hall–Kier alpha value is -5.27. The number of aromatic nitrogens is 4. The van der Waals surface area contributed by atoms with Crippen molar-refractivity contribution in [1.82, 2.24) is 19.7 Å². The number of ether oxygens (including phenoxy) is 1. The van der Waals surface area contributed by atoms with Gasteiger partial charge in [0.25, 0.3) is 0 Å². The van der Waals surface area contributed by atoms with Crippen molar-refractivity contribution < 1.29 is 37.1 Å².